The number of hydrogen-bond acceptors (Lipinski definition) is 4. The quantitative estimate of drug-likeness (QED) is 0.344. The van der Waals surface area contributed by atoms with Crippen LogP contribution in [0.2, 0.25) is 0 Å². The Bertz CT molecular complexity index is 550. The highest BCUT2D eigenvalue weighted by Crippen LogP contribution is 2.28. The van der Waals surface area contributed by atoms with Crippen LogP contribution in [-0.4, -0.2) is 21.2 Å². The number of thiocarbonyl (C=S) groups is 1. The number of nitrogens with one attached hydrogen (secondary N) is 2. The lowest BCUT2D eigenvalue weighted by atomic mass is 9.86. The summed E-state index contributed by atoms with van der Waals surface area (Å²) < 4.78 is 0. The molecule has 0 heterocycles. The van der Waals surface area contributed by atoms with E-state index in [0.29, 0.717) is 17.1 Å². The van der Waals surface area contributed by atoms with E-state index in [1.165, 1.54) is 37.5 Å². The minimum absolute atomic E-state index is 0.0681. The van der Waals surface area contributed by atoms with Gasteiger partial charge in [0.25, 0.3) is 5.69 Å². The second kappa shape index (κ2) is 6.71. The first-order valence-electron chi connectivity index (χ1n) is 7.02. The first-order valence-corrected chi connectivity index (χ1v) is 7.43. The molecule has 1 saturated carbocycles. The number of rotatable bonds is 3. The van der Waals surface area contributed by atoms with Gasteiger partial charge in [-0.3, -0.25) is 10.1 Å². The zero-order valence-electron chi connectivity index (χ0n) is 11.8. The average molecular weight is 309 g/mol. The van der Waals surface area contributed by atoms with Gasteiger partial charge in [0.2, 0.25) is 0 Å². The van der Waals surface area contributed by atoms with Gasteiger partial charge in [0.1, 0.15) is 5.75 Å². The predicted molar refractivity (Wildman–Crippen MR) is 85.5 cm³/mol. The fourth-order valence-corrected chi connectivity index (χ4v) is 2.86. The molecule has 0 bridgehead atoms. The maximum atomic E-state index is 10.8. The van der Waals surface area contributed by atoms with Gasteiger partial charge in [0, 0.05) is 18.2 Å². The number of nitro groups is 1. The molecule has 21 heavy (non-hydrogen) atoms. The summed E-state index contributed by atoms with van der Waals surface area (Å²) >= 11 is 5.24. The number of non-ortho nitro benzene ring substituents is 1. The van der Waals surface area contributed by atoms with Crippen LogP contribution in [0.3, 0.4) is 0 Å². The molecule has 114 valence electrons. The van der Waals surface area contributed by atoms with Crippen LogP contribution >= 0.6 is 12.2 Å². The molecule has 0 saturated heterocycles. The van der Waals surface area contributed by atoms with E-state index in [2.05, 4.69) is 17.6 Å². The summed E-state index contributed by atoms with van der Waals surface area (Å²) in [5.74, 6) is 0.471. The molecule has 1 aromatic carbocycles. The van der Waals surface area contributed by atoms with E-state index in [4.69, 9.17) is 12.2 Å². The lowest BCUT2D eigenvalue weighted by Crippen LogP contribution is -2.43. The summed E-state index contributed by atoms with van der Waals surface area (Å²) in [5.41, 5.74) is 0.147. The molecule has 6 nitrogen and oxygen atoms in total. The third kappa shape index (κ3) is 4.04. The summed E-state index contributed by atoms with van der Waals surface area (Å²) in [6.45, 7) is 2.18. The molecule has 0 aliphatic heterocycles. The number of benzene rings is 1. The number of nitrogens with zero attached hydrogens (tertiary/aromatic N) is 1. The van der Waals surface area contributed by atoms with Crippen molar-refractivity contribution in [3.63, 3.8) is 0 Å². The average Bonchev–Trinajstić information content (AvgIpc) is 2.43. The fourth-order valence-electron chi connectivity index (χ4n) is 2.60. The lowest BCUT2D eigenvalue weighted by Gasteiger charge is -2.30. The largest absolute Gasteiger partial charge is 0.506 e. The van der Waals surface area contributed by atoms with Gasteiger partial charge in [-0.2, -0.15) is 0 Å². The Kier molecular flexibility index (Phi) is 4.95. The number of hydrogen-bond donors (Lipinski definition) is 3. The Morgan fingerprint density at radius 3 is 2.81 bits per heavy atom. The van der Waals surface area contributed by atoms with Crippen molar-refractivity contribution in [3.05, 3.63) is 28.3 Å². The van der Waals surface area contributed by atoms with Gasteiger partial charge in [-0.1, -0.05) is 19.8 Å². The van der Waals surface area contributed by atoms with Gasteiger partial charge >= 0.3 is 0 Å². The van der Waals surface area contributed by atoms with Crippen LogP contribution < -0.4 is 10.6 Å². The van der Waals surface area contributed by atoms with Crippen LogP contribution in [0.5, 0.6) is 5.75 Å². The standard InChI is InChI=1S/C14H19N3O3S/c1-9-4-2-3-5-11(9)15-14(21)16-12-8-10(17(19)20)6-7-13(12)18/h6-9,11,18H,2-5H2,1H3,(H2,15,16,21)/t9-,11+/m0/s1. The second-order valence-corrected chi connectivity index (χ2v) is 5.83. The zero-order valence-corrected chi connectivity index (χ0v) is 12.7. The highest BCUT2D eigenvalue weighted by molar-refractivity contribution is 7.80. The minimum atomic E-state index is -0.510. The monoisotopic (exact) mass is 309 g/mol. The highest BCUT2D eigenvalue weighted by Gasteiger charge is 2.22. The third-order valence-electron chi connectivity index (χ3n) is 3.87. The van der Waals surface area contributed by atoms with E-state index < -0.39 is 4.92 Å². The SMILES string of the molecule is C[C@H]1CCCC[C@H]1NC(=S)Nc1cc([N+](=O)[O-])ccc1O. The van der Waals surface area contributed by atoms with Gasteiger partial charge in [0.05, 0.1) is 10.6 Å². The smallest absolute Gasteiger partial charge is 0.271 e. The van der Waals surface area contributed by atoms with E-state index in [0.717, 1.165) is 6.42 Å². The van der Waals surface area contributed by atoms with E-state index >= 15 is 0 Å². The van der Waals surface area contributed by atoms with Crippen LogP contribution in [-0.2, 0) is 0 Å². The molecular formula is C14H19N3O3S. The summed E-state index contributed by atoms with van der Waals surface area (Å²) in [6, 6.07) is 4.11. The predicted octanol–water partition coefficient (Wildman–Crippen LogP) is 3.17. The number of phenols is 1. The Morgan fingerprint density at radius 2 is 2.14 bits per heavy atom. The summed E-state index contributed by atoms with van der Waals surface area (Å²) in [4.78, 5) is 10.2. The molecule has 0 unspecified atom stereocenters. The van der Waals surface area contributed by atoms with Crippen molar-refractivity contribution in [1.29, 1.82) is 0 Å². The molecular weight excluding hydrogens is 290 g/mol. The van der Waals surface area contributed by atoms with Crippen molar-refractivity contribution in [1.82, 2.24) is 5.32 Å². The van der Waals surface area contributed by atoms with Crippen molar-refractivity contribution in [2.24, 2.45) is 5.92 Å². The van der Waals surface area contributed by atoms with E-state index in [1.807, 2.05) is 0 Å². The molecule has 2 atom stereocenters. The maximum absolute atomic E-state index is 10.8. The molecule has 1 aliphatic rings. The van der Waals surface area contributed by atoms with Crippen molar-refractivity contribution >= 4 is 28.7 Å². The number of phenolic OH excluding ortho intramolecular Hbond substituents is 1. The Balaban J connectivity index is 2.02. The van der Waals surface area contributed by atoms with Crippen LogP contribution in [0.15, 0.2) is 18.2 Å². The second-order valence-electron chi connectivity index (χ2n) is 5.43. The van der Waals surface area contributed by atoms with E-state index in [1.54, 1.807) is 0 Å². The summed E-state index contributed by atoms with van der Waals surface area (Å²) in [7, 11) is 0. The van der Waals surface area contributed by atoms with Gasteiger partial charge in [-0.15, -0.1) is 0 Å². The number of aromatic hydroxyl groups is 1. The van der Waals surface area contributed by atoms with Crippen LogP contribution in [0.4, 0.5) is 11.4 Å². The van der Waals surface area contributed by atoms with Gasteiger partial charge < -0.3 is 15.7 Å². The Hall–Kier alpha value is -1.89. The molecule has 1 fully saturated rings. The van der Waals surface area contributed by atoms with Crippen molar-refractivity contribution < 1.29 is 10.0 Å². The minimum Gasteiger partial charge on any atom is -0.506 e. The molecule has 0 spiro atoms. The van der Waals surface area contributed by atoms with E-state index in [-0.39, 0.29) is 17.1 Å². The first kappa shape index (κ1) is 15.5. The molecule has 0 aromatic heterocycles. The number of anilines is 1. The highest BCUT2D eigenvalue weighted by atomic mass is 32.1. The van der Waals surface area contributed by atoms with Crippen molar-refractivity contribution in [2.45, 2.75) is 38.6 Å². The number of nitro benzene ring substituents is 1. The van der Waals surface area contributed by atoms with Crippen molar-refractivity contribution in [3.8, 4) is 5.75 Å². The van der Waals surface area contributed by atoms with Gasteiger partial charge in [-0.25, -0.2) is 0 Å². The van der Waals surface area contributed by atoms with Crippen LogP contribution in [0.25, 0.3) is 0 Å². The Morgan fingerprint density at radius 1 is 1.43 bits per heavy atom. The van der Waals surface area contributed by atoms with Crippen LogP contribution in [0.1, 0.15) is 32.6 Å². The van der Waals surface area contributed by atoms with Crippen molar-refractivity contribution in [2.75, 3.05) is 5.32 Å². The molecule has 0 radical (unpaired) electrons. The van der Waals surface area contributed by atoms with Crippen LogP contribution in [0, 0.1) is 16.0 Å². The van der Waals surface area contributed by atoms with Gasteiger partial charge in [0.15, 0.2) is 5.11 Å². The fraction of sp³-hybridized carbons (Fsp3) is 0.500. The molecule has 2 rings (SSSR count). The molecule has 1 aliphatic carbocycles. The third-order valence-corrected chi connectivity index (χ3v) is 4.09. The molecule has 7 heteroatoms. The van der Waals surface area contributed by atoms with E-state index in [9.17, 15) is 15.2 Å². The molecule has 0 amide bonds. The first-order chi connectivity index (χ1) is 9.97. The van der Waals surface area contributed by atoms with Gasteiger partial charge in [-0.05, 0) is 37.0 Å². The molecule has 3 N–H and O–H groups in total. The lowest BCUT2D eigenvalue weighted by molar-refractivity contribution is -0.384. The maximum Gasteiger partial charge on any atom is 0.271 e. The molecule has 1 aromatic rings. The summed E-state index contributed by atoms with van der Waals surface area (Å²) in [5, 5.41) is 27.0. The summed E-state index contributed by atoms with van der Waals surface area (Å²) in [6.07, 6.45) is 4.64. The topological polar surface area (TPSA) is 87.4 Å². The zero-order chi connectivity index (χ0) is 15.4. The normalized spacial score (nSPS) is 21.6. The Labute approximate surface area is 128 Å².